The van der Waals surface area contributed by atoms with Crippen molar-refractivity contribution in [1.29, 1.82) is 0 Å². The molecule has 3 N–H and O–H groups in total. The molecule has 2 heterocycles. The molecule has 0 spiro atoms. The maximum Gasteiger partial charge on any atom is 0.270 e. The number of hydrogen-bond acceptors (Lipinski definition) is 6. The van der Waals surface area contributed by atoms with Crippen LogP contribution >= 0.6 is 0 Å². The zero-order valence-electron chi connectivity index (χ0n) is 22.3. The first-order valence-electron chi connectivity index (χ1n) is 13.0. The normalized spacial score (nSPS) is 18.2. The van der Waals surface area contributed by atoms with Crippen LogP contribution in [0, 0.1) is 25.2 Å². The van der Waals surface area contributed by atoms with Crippen LogP contribution in [0.25, 0.3) is 11.0 Å². The second kappa shape index (κ2) is 9.95. The SMILES string of the molecule is Cc1cc2nc(N(Cc3ccc(C(=O)Nc4nn[nH]n4)cc3)C3CCC(C(C)(C)C)CC3)[nH]c2cc1C. The number of carbonyl (C=O) groups is 1. The van der Waals surface area contributed by atoms with Crippen LogP contribution in [0.5, 0.6) is 0 Å². The molecule has 0 atom stereocenters. The molecule has 9 heteroatoms. The van der Waals surface area contributed by atoms with Gasteiger partial charge in [-0.3, -0.25) is 10.1 Å². The number of rotatable bonds is 6. The Balaban J connectivity index is 1.39. The van der Waals surface area contributed by atoms with Gasteiger partial charge in [0.15, 0.2) is 0 Å². The van der Waals surface area contributed by atoms with Crippen molar-refractivity contribution in [3.05, 3.63) is 58.7 Å². The third kappa shape index (κ3) is 5.50. The number of carbonyl (C=O) groups excluding carboxylic acids is 1. The molecule has 9 nitrogen and oxygen atoms in total. The Kier molecular flexibility index (Phi) is 6.70. The molecular formula is C28H36N8O. The Morgan fingerprint density at radius 3 is 2.41 bits per heavy atom. The number of fused-ring (bicyclic) bond motifs is 1. The number of tetrazole rings is 1. The van der Waals surface area contributed by atoms with Crippen LogP contribution in [0.3, 0.4) is 0 Å². The van der Waals surface area contributed by atoms with Gasteiger partial charge >= 0.3 is 0 Å². The highest BCUT2D eigenvalue weighted by atomic mass is 16.1. The Hall–Kier alpha value is -3.75. The number of nitrogens with zero attached hydrogens (tertiary/aromatic N) is 5. The van der Waals surface area contributed by atoms with Crippen molar-refractivity contribution >= 4 is 28.8 Å². The number of aromatic nitrogens is 6. The van der Waals surface area contributed by atoms with Crippen molar-refractivity contribution in [1.82, 2.24) is 30.6 Å². The summed E-state index contributed by atoms with van der Waals surface area (Å²) in [7, 11) is 0. The van der Waals surface area contributed by atoms with E-state index in [1.165, 1.54) is 24.0 Å². The zero-order valence-corrected chi connectivity index (χ0v) is 22.3. The van der Waals surface area contributed by atoms with Gasteiger partial charge in [0.25, 0.3) is 11.9 Å². The molecule has 1 fully saturated rings. The lowest BCUT2D eigenvalue weighted by molar-refractivity contribution is 0.102. The molecule has 1 aliphatic rings. The minimum atomic E-state index is -0.270. The first kappa shape index (κ1) is 24.9. The van der Waals surface area contributed by atoms with Crippen molar-refractivity contribution in [3.63, 3.8) is 0 Å². The molecule has 2 aromatic heterocycles. The lowest BCUT2D eigenvalue weighted by Gasteiger charge is -2.41. The van der Waals surface area contributed by atoms with E-state index in [0.29, 0.717) is 17.0 Å². The second-order valence-electron chi connectivity index (χ2n) is 11.4. The van der Waals surface area contributed by atoms with Crippen molar-refractivity contribution in [3.8, 4) is 0 Å². The summed E-state index contributed by atoms with van der Waals surface area (Å²) >= 11 is 0. The third-order valence-corrected chi connectivity index (χ3v) is 7.86. The highest BCUT2D eigenvalue weighted by Crippen LogP contribution is 2.40. The minimum absolute atomic E-state index is 0.154. The van der Waals surface area contributed by atoms with Crippen molar-refractivity contribution in [2.45, 2.75) is 72.9 Å². The molecule has 2 aromatic carbocycles. The lowest BCUT2D eigenvalue weighted by Crippen LogP contribution is -2.40. The number of anilines is 2. The van der Waals surface area contributed by atoms with E-state index in [9.17, 15) is 4.79 Å². The summed E-state index contributed by atoms with van der Waals surface area (Å²) in [6.45, 7) is 12.1. The highest BCUT2D eigenvalue weighted by Gasteiger charge is 2.33. The average molecular weight is 501 g/mol. The summed E-state index contributed by atoms with van der Waals surface area (Å²) in [5.74, 6) is 1.54. The Morgan fingerprint density at radius 2 is 1.76 bits per heavy atom. The molecular weight excluding hydrogens is 464 g/mol. The molecule has 4 aromatic rings. The van der Waals surface area contributed by atoms with Crippen molar-refractivity contribution in [2.24, 2.45) is 11.3 Å². The van der Waals surface area contributed by atoms with Gasteiger partial charge < -0.3 is 9.88 Å². The first-order chi connectivity index (χ1) is 17.7. The van der Waals surface area contributed by atoms with Crippen molar-refractivity contribution < 1.29 is 4.79 Å². The lowest BCUT2D eigenvalue weighted by atomic mass is 9.71. The topological polar surface area (TPSA) is 115 Å². The molecule has 0 unspecified atom stereocenters. The molecule has 194 valence electrons. The predicted octanol–water partition coefficient (Wildman–Crippen LogP) is 5.56. The van der Waals surface area contributed by atoms with Crippen LogP contribution in [0.15, 0.2) is 36.4 Å². The summed E-state index contributed by atoms with van der Waals surface area (Å²) in [5, 5.41) is 16.0. The van der Waals surface area contributed by atoms with E-state index in [1.54, 1.807) is 0 Å². The van der Waals surface area contributed by atoms with Gasteiger partial charge in [-0.05, 0) is 97.0 Å². The number of H-pyrrole nitrogens is 2. The van der Waals surface area contributed by atoms with Crippen LogP contribution in [0.4, 0.5) is 11.9 Å². The fraction of sp³-hybridized carbons (Fsp3) is 0.464. The van der Waals surface area contributed by atoms with Crippen LogP contribution in [-0.4, -0.2) is 42.5 Å². The predicted molar refractivity (Wildman–Crippen MR) is 146 cm³/mol. The van der Waals surface area contributed by atoms with Crippen molar-refractivity contribution in [2.75, 3.05) is 10.2 Å². The van der Waals surface area contributed by atoms with Crippen LogP contribution in [0.2, 0.25) is 0 Å². The summed E-state index contributed by atoms with van der Waals surface area (Å²) < 4.78 is 0. The van der Waals surface area contributed by atoms with E-state index in [0.717, 1.165) is 47.8 Å². The molecule has 1 amide bonds. The van der Waals surface area contributed by atoms with Gasteiger partial charge in [-0.2, -0.15) is 5.21 Å². The Bertz CT molecular complexity index is 1320. The number of hydrogen-bond donors (Lipinski definition) is 3. The molecule has 0 saturated heterocycles. The largest absolute Gasteiger partial charge is 0.335 e. The van der Waals surface area contributed by atoms with E-state index >= 15 is 0 Å². The zero-order chi connectivity index (χ0) is 26.2. The van der Waals surface area contributed by atoms with E-state index in [1.807, 2.05) is 24.3 Å². The molecule has 0 aliphatic heterocycles. The molecule has 1 saturated carbocycles. The number of nitrogens with one attached hydrogen (secondary N) is 3. The highest BCUT2D eigenvalue weighted by molar-refractivity contribution is 6.03. The van der Waals surface area contributed by atoms with Gasteiger partial charge in [0.05, 0.1) is 11.0 Å². The number of amides is 1. The Morgan fingerprint density at radius 1 is 1.05 bits per heavy atom. The van der Waals surface area contributed by atoms with Gasteiger partial charge in [-0.15, -0.1) is 5.10 Å². The summed E-state index contributed by atoms with van der Waals surface area (Å²) in [4.78, 5) is 23.6. The second-order valence-corrected chi connectivity index (χ2v) is 11.4. The quantitative estimate of drug-likeness (QED) is 0.319. The van der Waals surface area contributed by atoms with E-state index < -0.39 is 0 Å². The number of benzene rings is 2. The molecule has 1 aliphatic carbocycles. The maximum absolute atomic E-state index is 12.5. The minimum Gasteiger partial charge on any atom is -0.335 e. The summed E-state index contributed by atoms with van der Waals surface area (Å²) in [5.41, 5.74) is 6.58. The van der Waals surface area contributed by atoms with Gasteiger partial charge in [0.2, 0.25) is 5.95 Å². The maximum atomic E-state index is 12.5. The van der Waals surface area contributed by atoms with Crippen LogP contribution in [-0.2, 0) is 6.54 Å². The fourth-order valence-corrected chi connectivity index (χ4v) is 5.37. The molecule has 5 rings (SSSR count). The van der Waals surface area contributed by atoms with Crippen LogP contribution in [0.1, 0.15) is 73.5 Å². The number of aromatic amines is 2. The van der Waals surface area contributed by atoms with Gasteiger partial charge in [0, 0.05) is 18.2 Å². The molecule has 0 radical (unpaired) electrons. The number of aryl methyl sites for hydroxylation is 2. The smallest absolute Gasteiger partial charge is 0.270 e. The Labute approximate surface area is 217 Å². The molecule has 0 bridgehead atoms. The van der Waals surface area contributed by atoms with Gasteiger partial charge in [-0.25, -0.2) is 4.98 Å². The first-order valence-corrected chi connectivity index (χ1v) is 13.0. The standard InChI is InChI=1S/C28H36N8O/c1-17-14-23-24(15-18(17)2)30-27(29-23)36(22-12-10-21(11-13-22)28(3,4)5)16-19-6-8-20(9-7-19)25(37)31-26-32-34-35-33-26/h6-9,14-15,21-22H,10-13,16H2,1-5H3,(H,29,30)(H2,31,32,33,34,35,37). The van der Waals surface area contributed by atoms with E-state index in [4.69, 9.17) is 4.98 Å². The molecule has 37 heavy (non-hydrogen) atoms. The third-order valence-electron chi connectivity index (χ3n) is 7.86. The monoisotopic (exact) mass is 500 g/mol. The van der Waals surface area contributed by atoms with E-state index in [-0.39, 0.29) is 11.9 Å². The number of imidazole rings is 1. The van der Waals surface area contributed by atoms with E-state index in [2.05, 4.69) is 82.6 Å². The van der Waals surface area contributed by atoms with Gasteiger partial charge in [-0.1, -0.05) is 38.0 Å². The fourth-order valence-electron chi connectivity index (χ4n) is 5.37. The van der Waals surface area contributed by atoms with Crippen LogP contribution < -0.4 is 10.2 Å². The average Bonchev–Trinajstić information content (AvgIpc) is 3.52. The summed E-state index contributed by atoms with van der Waals surface area (Å²) in [6, 6.07) is 12.5. The summed E-state index contributed by atoms with van der Waals surface area (Å²) in [6.07, 6.45) is 4.72. The van der Waals surface area contributed by atoms with Gasteiger partial charge in [0.1, 0.15) is 0 Å².